The molecular weight excluding hydrogens is 338 g/mol. The van der Waals surface area contributed by atoms with Gasteiger partial charge >= 0.3 is 0 Å². The number of carbonyl (C=O) groups is 2. The third kappa shape index (κ3) is 4.59. The molecule has 2 amide bonds. The fraction of sp³-hybridized carbons (Fsp3) is 0.263. The molecule has 3 N–H and O–H groups in total. The molecule has 0 heterocycles. The maximum atomic E-state index is 12.4. The second kappa shape index (κ2) is 8.65. The Bertz CT molecular complexity index is 756. The molecule has 6 heteroatoms. The van der Waals surface area contributed by atoms with Crippen molar-refractivity contribution in [2.75, 3.05) is 18.4 Å². The van der Waals surface area contributed by atoms with Gasteiger partial charge in [0.15, 0.2) is 0 Å². The van der Waals surface area contributed by atoms with Gasteiger partial charge in [0.05, 0.1) is 10.6 Å². The summed E-state index contributed by atoms with van der Waals surface area (Å²) in [6, 6.07) is 12.0. The van der Waals surface area contributed by atoms with Gasteiger partial charge in [-0.2, -0.15) is 0 Å². The monoisotopic (exact) mass is 359 g/mol. The standard InChI is InChI=1S/C19H22ClN3O2/c1-3-23(4-2)19(25)16-10-9-15(11-17(16)20)22-18(24)14-7-5-13(12-21)6-8-14/h5-11H,3-4,12,21H2,1-2H3,(H,22,24). The third-order valence-corrected chi connectivity index (χ3v) is 4.27. The van der Waals surface area contributed by atoms with Crippen LogP contribution in [0.25, 0.3) is 0 Å². The zero-order valence-electron chi connectivity index (χ0n) is 14.4. The Morgan fingerprint density at radius 2 is 1.72 bits per heavy atom. The smallest absolute Gasteiger partial charge is 0.255 e. The molecule has 0 bridgehead atoms. The first-order valence-electron chi connectivity index (χ1n) is 8.19. The number of carbonyl (C=O) groups excluding carboxylic acids is 2. The maximum absolute atomic E-state index is 12.4. The van der Waals surface area contributed by atoms with E-state index >= 15 is 0 Å². The van der Waals surface area contributed by atoms with E-state index in [0.29, 0.717) is 41.5 Å². The molecule has 2 aromatic rings. The van der Waals surface area contributed by atoms with Gasteiger partial charge in [0.2, 0.25) is 0 Å². The molecule has 0 saturated carbocycles. The third-order valence-electron chi connectivity index (χ3n) is 3.96. The summed E-state index contributed by atoms with van der Waals surface area (Å²) in [6.07, 6.45) is 0. The summed E-state index contributed by atoms with van der Waals surface area (Å²) in [5, 5.41) is 3.09. The lowest BCUT2D eigenvalue weighted by Gasteiger charge is -2.19. The second-order valence-electron chi connectivity index (χ2n) is 5.53. The maximum Gasteiger partial charge on any atom is 0.255 e. The highest BCUT2D eigenvalue weighted by Crippen LogP contribution is 2.23. The molecule has 0 radical (unpaired) electrons. The van der Waals surface area contributed by atoms with Crippen molar-refractivity contribution in [2.24, 2.45) is 5.73 Å². The summed E-state index contributed by atoms with van der Waals surface area (Å²) in [7, 11) is 0. The molecular formula is C19H22ClN3O2. The van der Waals surface area contributed by atoms with E-state index in [1.807, 2.05) is 26.0 Å². The highest BCUT2D eigenvalue weighted by atomic mass is 35.5. The van der Waals surface area contributed by atoms with Crippen molar-refractivity contribution in [1.29, 1.82) is 0 Å². The Labute approximate surface area is 152 Å². The number of amides is 2. The van der Waals surface area contributed by atoms with E-state index in [4.69, 9.17) is 17.3 Å². The van der Waals surface area contributed by atoms with Crippen LogP contribution in [0.3, 0.4) is 0 Å². The number of anilines is 1. The van der Waals surface area contributed by atoms with Crippen molar-refractivity contribution in [3.63, 3.8) is 0 Å². The van der Waals surface area contributed by atoms with Crippen LogP contribution in [0.1, 0.15) is 40.1 Å². The molecule has 0 fully saturated rings. The zero-order chi connectivity index (χ0) is 18.4. The predicted molar refractivity (Wildman–Crippen MR) is 101 cm³/mol. The number of hydrogen-bond acceptors (Lipinski definition) is 3. The highest BCUT2D eigenvalue weighted by Gasteiger charge is 2.16. The lowest BCUT2D eigenvalue weighted by Crippen LogP contribution is -2.30. The van der Waals surface area contributed by atoms with Gasteiger partial charge in [-0.25, -0.2) is 0 Å². The van der Waals surface area contributed by atoms with Crippen LogP contribution in [-0.2, 0) is 6.54 Å². The Morgan fingerprint density at radius 1 is 1.08 bits per heavy atom. The number of nitrogens with zero attached hydrogens (tertiary/aromatic N) is 1. The molecule has 25 heavy (non-hydrogen) atoms. The Hall–Kier alpha value is -2.37. The van der Waals surface area contributed by atoms with Crippen LogP contribution in [0.15, 0.2) is 42.5 Å². The van der Waals surface area contributed by atoms with Crippen molar-refractivity contribution in [1.82, 2.24) is 4.90 Å². The first-order valence-corrected chi connectivity index (χ1v) is 8.57. The van der Waals surface area contributed by atoms with Gasteiger partial charge in [0, 0.05) is 30.9 Å². The number of rotatable bonds is 6. The summed E-state index contributed by atoms with van der Waals surface area (Å²) in [5.74, 6) is -0.368. The average molecular weight is 360 g/mol. The predicted octanol–water partition coefficient (Wildman–Crippen LogP) is 3.53. The molecule has 0 spiro atoms. The van der Waals surface area contributed by atoms with Gasteiger partial charge < -0.3 is 16.0 Å². The minimum Gasteiger partial charge on any atom is -0.339 e. The largest absolute Gasteiger partial charge is 0.339 e. The number of nitrogens with one attached hydrogen (secondary N) is 1. The zero-order valence-corrected chi connectivity index (χ0v) is 15.1. The molecule has 0 saturated heterocycles. The first kappa shape index (κ1) is 19.0. The van der Waals surface area contributed by atoms with Crippen molar-refractivity contribution < 1.29 is 9.59 Å². The van der Waals surface area contributed by atoms with Crippen molar-refractivity contribution >= 4 is 29.1 Å². The van der Waals surface area contributed by atoms with Crippen molar-refractivity contribution in [3.05, 3.63) is 64.2 Å². The highest BCUT2D eigenvalue weighted by molar-refractivity contribution is 6.34. The Morgan fingerprint density at radius 3 is 2.24 bits per heavy atom. The molecule has 2 aromatic carbocycles. The van der Waals surface area contributed by atoms with Gasteiger partial charge in [-0.15, -0.1) is 0 Å². The lowest BCUT2D eigenvalue weighted by molar-refractivity contribution is 0.0773. The molecule has 2 rings (SSSR count). The summed E-state index contributed by atoms with van der Waals surface area (Å²) in [5.41, 5.74) is 7.99. The van der Waals surface area contributed by atoms with Crippen LogP contribution < -0.4 is 11.1 Å². The van der Waals surface area contributed by atoms with E-state index in [0.717, 1.165) is 5.56 Å². The van der Waals surface area contributed by atoms with Gasteiger partial charge in [-0.1, -0.05) is 23.7 Å². The van der Waals surface area contributed by atoms with Crippen LogP contribution in [-0.4, -0.2) is 29.8 Å². The van der Waals surface area contributed by atoms with Crippen LogP contribution >= 0.6 is 11.6 Å². The summed E-state index contributed by atoms with van der Waals surface area (Å²) >= 11 is 6.24. The fourth-order valence-electron chi connectivity index (χ4n) is 2.44. The fourth-order valence-corrected chi connectivity index (χ4v) is 2.70. The second-order valence-corrected chi connectivity index (χ2v) is 5.93. The van der Waals surface area contributed by atoms with Crippen LogP contribution in [0, 0.1) is 0 Å². The molecule has 0 unspecified atom stereocenters. The molecule has 0 aliphatic heterocycles. The van der Waals surface area contributed by atoms with Gasteiger partial charge in [-0.05, 0) is 49.7 Å². The molecule has 0 aliphatic rings. The molecule has 132 valence electrons. The van der Waals surface area contributed by atoms with Crippen LogP contribution in [0.5, 0.6) is 0 Å². The van der Waals surface area contributed by atoms with Crippen LogP contribution in [0.2, 0.25) is 5.02 Å². The minimum absolute atomic E-state index is 0.120. The lowest BCUT2D eigenvalue weighted by atomic mass is 10.1. The number of hydrogen-bond donors (Lipinski definition) is 2. The Kier molecular flexibility index (Phi) is 6.56. The van der Waals surface area contributed by atoms with E-state index in [-0.39, 0.29) is 11.8 Å². The molecule has 0 aliphatic carbocycles. The topological polar surface area (TPSA) is 75.4 Å². The van der Waals surface area contributed by atoms with Gasteiger partial charge in [0.1, 0.15) is 0 Å². The summed E-state index contributed by atoms with van der Waals surface area (Å²) in [4.78, 5) is 26.4. The minimum atomic E-state index is -0.248. The quantitative estimate of drug-likeness (QED) is 0.828. The van der Waals surface area contributed by atoms with E-state index < -0.39 is 0 Å². The van der Waals surface area contributed by atoms with E-state index in [1.165, 1.54) is 0 Å². The van der Waals surface area contributed by atoms with Crippen molar-refractivity contribution in [3.8, 4) is 0 Å². The van der Waals surface area contributed by atoms with Gasteiger partial charge in [0.25, 0.3) is 11.8 Å². The summed E-state index contributed by atoms with van der Waals surface area (Å²) < 4.78 is 0. The summed E-state index contributed by atoms with van der Waals surface area (Å²) in [6.45, 7) is 5.49. The number of benzene rings is 2. The Balaban J connectivity index is 2.14. The average Bonchev–Trinajstić information content (AvgIpc) is 2.62. The van der Waals surface area contributed by atoms with Crippen LogP contribution in [0.4, 0.5) is 5.69 Å². The van der Waals surface area contributed by atoms with E-state index in [2.05, 4.69) is 5.32 Å². The van der Waals surface area contributed by atoms with E-state index in [1.54, 1.807) is 35.2 Å². The molecule has 0 aromatic heterocycles. The van der Waals surface area contributed by atoms with Crippen molar-refractivity contribution in [2.45, 2.75) is 20.4 Å². The molecule has 5 nitrogen and oxygen atoms in total. The van der Waals surface area contributed by atoms with E-state index in [9.17, 15) is 9.59 Å². The normalized spacial score (nSPS) is 10.4. The van der Waals surface area contributed by atoms with Gasteiger partial charge in [-0.3, -0.25) is 9.59 Å². The SMILES string of the molecule is CCN(CC)C(=O)c1ccc(NC(=O)c2ccc(CN)cc2)cc1Cl. The number of nitrogens with two attached hydrogens (primary N) is 1. The first-order chi connectivity index (χ1) is 12.0. The molecule has 0 atom stereocenters. The number of halogens is 1.